The summed E-state index contributed by atoms with van der Waals surface area (Å²) in [7, 11) is 0. The predicted octanol–water partition coefficient (Wildman–Crippen LogP) is 1.19. The normalized spacial score (nSPS) is 14.3. The molecule has 3 N–H and O–H groups in total. The molecular weight excluding hydrogens is 246 g/mol. The van der Waals surface area contributed by atoms with Crippen molar-refractivity contribution in [2.24, 2.45) is 5.73 Å². The van der Waals surface area contributed by atoms with Gasteiger partial charge in [-0.3, -0.25) is 0 Å². The third kappa shape index (κ3) is 3.17. The quantitative estimate of drug-likeness (QED) is 0.813. The van der Waals surface area contributed by atoms with E-state index in [1.54, 1.807) is 0 Å². The van der Waals surface area contributed by atoms with Gasteiger partial charge in [0.15, 0.2) is 0 Å². The Labute approximate surface area is 111 Å². The van der Waals surface area contributed by atoms with Crippen molar-refractivity contribution in [2.75, 3.05) is 13.2 Å². The SMILES string of the molecule is CCOC(c1ccccc1)c1noc([C@H](N)CO)n1. The van der Waals surface area contributed by atoms with E-state index < -0.39 is 12.1 Å². The number of benzene rings is 1. The summed E-state index contributed by atoms with van der Waals surface area (Å²) in [6.07, 6.45) is -0.394. The van der Waals surface area contributed by atoms with E-state index in [2.05, 4.69) is 10.1 Å². The third-order valence-corrected chi connectivity index (χ3v) is 2.64. The molecule has 6 heteroatoms. The zero-order valence-corrected chi connectivity index (χ0v) is 10.7. The Morgan fingerprint density at radius 3 is 2.74 bits per heavy atom. The maximum Gasteiger partial charge on any atom is 0.246 e. The van der Waals surface area contributed by atoms with Gasteiger partial charge in [-0.1, -0.05) is 35.5 Å². The van der Waals surface area contributed by atoms with E-state index in [1.165, 1.54) is 0 Å². The number of hydrogen-bond donors (Lipinski definition) is 2. The Kier molecular flexibility index (Phi) is 4.62. The summed E-state index contributed by atoms with van der Waals surface area (Å²) in [4.78, 5) is 4.19. The lowest BCUT2D eigenvalue weighted by Crippen LogP contribution is -2.15. The molecule has 0 bridgehead atoms. The molecule has 0 aliphatic rings. The molecule has 0 spiro atoms. The van der Waals surface area contributed by atoms with Crippen LogP contribution < -0.4 is 5.73 Å². The van der Waals surface area contributed by atoms with Crippen molar-refractivity contribution in [3.8, 4) is 0 Å². The van der Waals surface area contributed by atoms with Gasteiger partial charge >= 0.3 is 0 Å². The Morgan fingerprint density at radius 1 is 1.37 bits per heavy atom. The molecule has 0 aliphatic carbocycles. The lowest BCUT2D eigenvalue weighted by atomic mass is 10.1. The second kappa shape index (κ2) is 6.42. The van der Waals surface area contributed by atoms with E-state index >= 15 is 0 Å². The average molecular weight is 263 g/mol. The smallest absolute Gasteiger partial charge is 0.246 e. The van der Waals surface area contributed by atoms with Crippen LogP contribution in [0.1, 0.15) is 36.3 Å². The second-order valence-corrected chi connectivity index (χ2v) is 4.03. The summed E-state index contributed by atoms with van der Waals surface area (Å²) >= 11 is 0. The number of nitrogens with zero attached hydrogens (tertiary/aromatic N) is 2. The lowest BCUT2D eigenvalue weighted by Gasteiger charge is -2.13. The number of aliphatic hydroxyl groups excluding tert-OH is 1. The molecule has 1 heterocycles. The van der Waals surface area contributed by atoms with Crippen LogP contribution in [0.2, 0.25) is 0 Å². The molecule has 0 fully saturated rings. The van der Waals surface area contributed by atoms with E-state index in [0.717, 1.165) is 5.56 Å². The Balaban J connectivity index is 2.27. The molecule has 2 rings (SSSR count). The van der Waals surface area contributed by atoms with Gasteiger partial charge in [0.2, 0.25) is 11.7 Å². The highest BCUT2D eigenvalue weighted by Crippen LogP contribution is 2.24. The van der Waals surface area contributed by atoms with Crippen LogP contribution in [0, 0.1) is 0 Å². The fraction of sp³-hybridized carbons (Fsp3) is 0.385. The van der Waals surface area contributed by atoms with E-state index in [9.17, 15) is 0 Å². The summed E-state index contributed by atoms with van der Waals surface area (Å²) in [5.41, 5.74) is 6.57. The average Bonchev–Trinajstić information content (AvgIpc) is 2.94. The summed E-state index contributed by atoms with van der Waals surface area (Å²) in [6, 6.07) is 8.96. The molecule has 0 amide bonds. The van der Waals surface area contributed by atoms with Crippen molar-refractivity contribution in [2.45, 2.75) is 19.1 Å². The first-order valence-electron chi connectivity index (χ1n) is 6.12. The predicted molar refractivity (Wildman–Crippen MR) is 68.2 cm³/mol. The van der Waals surface area contributed by atoms with Crippen LogP contribution in [0.4, 0.5) is 0 Å². The number of ether oxygens (including phenoxy) is 1. The van der Waals surface area contributed by atoms with Crippen molar-refractivity contribution < 1.29 is 14.4 Å². The van der Waals surface area contributed by atoms with E-state index in [-0.39, 0.29) is 12.5 Å². The van der Waals surface area contributed by atoms with Crippen LogP contribution in [-0.4, -0.2) is 28.5 Å². The molecule has 0 saturated heterocycles. The van der Waals surface area contributed by atoms with Crippen molar-refractivity contribution in [1.29, 1.82) is 0 Å². The monoisotopic (exact) mass is 263 g/mol. The minimum atomic E-state index is -0.667. The van der Waals surface area contributed by atoms with Gasteiger partial charge in [0.25, 0.3) is 0 Å². The maximum atomic E-state index is 8.97. The largest absolute Gasteiger partial charge is 0.394 e. The fourth-order valence-corrected chi connectivity index (χ4v) is 1.70. The molecule has 1 aromatic carbocycles. The highest BCUT2D eigenvalue weighted by atomic mass is 16.5. The van der Waals surface area contributed by atoms with Gasteiger partial charge in [-0.2, -0.15) is 4.98 Å². The first-order chi connectivity index (χ1) is 9.26. The van der Waals surface area contributed by atoms with Crippen molar-refractivity contribution in [3.63, 3.8) is 0 Å². The van der Waals surface area contributed by atoms with Crippen LogP contribution in [0.25, 0.3) is 0 Å². The molecule has 0 radical (unpaired) electrons. The zero-order valence-electron chi connectivity index (χ0n) is 10.7. The summed E-state index contributed by atoms with van der Waals surface area (Å²) in [5.74, 6) is 0.616. The van der Waals surface area contributed by atoms with Gasteiger partial charge in [-0.15, -0.1) is 0 Å². The maximum absolute atomic E-state index is 8.97. The Morgan fingerprint density at radius 2 is 2.11 bits per heavy atom. The standard InChI is InChI=1S/C13H17N3O3/c1-2-18-11(9-6-4-3-5-7-9)12-15-13(19-16-12)10(14)8-17/h3-7,10-11,17H,2,8,14H2,1H3/t10-,11?/m1/s1. The molecule has 1 unspecified atom stereocenters. The minimum absolute atomic E-state index is 0.207. The van der Waals surface area contributed by atoms with Gasteiger partial charge in [-0.25, -0.2) is 0 Å². The lowest BCUT2D eigenvalue weighted by molar-refractivity contribution is 0.0833. The third-order valence-electron chi connectivity index (χ3n) is 2.64. The number of aromatic nitrogens is 2. The van der Waals surface area contributed by atoms with Gasteiger partial charge in [0, 0.05) is 6.61 Å². The van der Waals surface area contributed by atoms with Crippen molar-refractivity contribution in [3.05, 3.63) is 47.6 Å². The number of hydrogen-bond acceptors (Lipinski definition) is 6. The summed E-state index contributed by atoms with van der Waals surface area (Å²) in [5, 5.41) is 12.9. The first kappa shape index (κ1) is 13.7. The minimum Gasteiger partial charge on any atom is -0.394 e. The molecule has 6 nitrogen and oxygen atoms in total. The highest BCUT2D eigenvalue weighted by molar-refractivity contribution is 5.22. The number of nitrogens with two attached hydrogens (primary N) is 1. The topological polar surface area (TPSA) is 94.4 Å². The van der Waals surface area contributed by atoms with Crippen molar-refractivity contribution in [1.82, 2.24) is 10.1 Å². The van der Waals surface area contributed by atoms with Crippen LogP contribution in [0.15, 0.2) is 34.9 Å². The van der Waals surface area contributed by atoms with Gasteiger partial charge in [0.1, 0.15) is 12.1 Å². The van der Waals surface area contributed by atoms with Crippen LogP contribution >= 0.6 is 0 Å². The molecule has 0 saturated carbocycles. The molecule has 2 atom stereocenters. The number of rotatable bonds is 6. The fourth-order valence-electron chi connectivity index (χ4n) is 1.70. The van der Waals surface area contributed by atoms with Gasteiger partial charge < -0.3 is 20.1 Å². The second-order valence-electron chi connectivity index (χ2n) is 4.03. The van der Waals surface area contributed by atoms with E-state index in [4.69, 9.17) is 20.1 Å². The molecule has 102 valence electrons. The van der Waals surface area contributed by atoms with Crippen LogP contribution in [0.3, 0.4) is 0 Å². The van der Waals surface area contributed by atoms with E-state index in [1.807, 2.05) is 37.3 Å². The van der Waals surface area contributed by atoms with E-state index in [0.29, 0.717) is 12.4 Å². The Bertz CT molecular complexity index is 501. The number of aliphatic hydroxyl groups is 1. The molecule has 0 aliphatic heterocycles. The first-order valence-corrected chi connectivity index (χ1v) is 6.12. The molecule has 2 aromatic rings. The summed E-state index contributed by atoms with van der Waals surface area (Å²) in [6.45, 7) is 2.18. The zero-order chi connectivity index (χ0) is 13.7. The summed E-state index contributed by atoms with van der Waals surface area (Å²) < 4.78 is 10.7. The van der Waals surface area contributed by atoms with Gasteiger partial charge in [0.05, 0.1) is 6.61 Å². The van der Waals surface area contributed by atoms with Crippen LogP contribution in [-0.2, 0) is 4.74 Å². The molecule has 1 aromatic heterocycles. The Hall–Kier alpha value is -1.76. The van der Waals surface area contributed by atoms with Crippen LogP contribution in [0.5, 0.6) is 0 Å². The molecular formula is C13H17N3O3. The van der Waals surface area contributed by atoms with Crippen molar-refractivity contribution >= 4 is 0 Å². The van der Waals surface area contributed by atoms with Gasteiger partial charge in [-0.05, 0) is 12.5 Å². The molecule has 19 heavy (non-hydrogen) atoms. The highest BCUT2D eigenvalue weighted by Gasteiger charge is 2.22.